The lowest BCUT2D eigenvalue weighted by Crippen LogP contribution is -2.45. The molecule has 0 unspecified atom stereocenters. The van der Waals surface area contributed by atoms with Gasteiger partial charge in [0.25, 0.3) is 5.91 Å². The number of aromatic nitrogens is 2. The molecule has 4 nitrogen and oxygen atoms in total. The highest BCUT2D eigenvalue weighted by atomic mass is 79.9. The molecular formula is C10H14BrN3OS. The van der Waals surface area contributed by atoms with Crippen LogP contribution < -0.4 is 0 Å². The summed E-state index contributed by atoms with van der Waals surface area (Å²) >= 11 is 4.60. The zero-order chi connectivity index (χ0) is 11.5. The number of nitrogens with zero attached hydrogens (tertiary/aromatic N) is 3. The Bertz CT molecular complexity index is 378. The topological polar surface area (TPSA) is 46.1 Å². The highest BCUT2D eigenvalue weighted by Crippen LogP contribution is 2.27. The molecule has 0 spiro atoms. The van der Waals surface area contributed by atoms with Gasteiger partial charge >= 0.3 is 0 Å². The van der Waals surface area contributed by atoms with Crippen LogP contribution in [0, 0.1) is 6.92 Å². The van der Waals surface area contributed by atoms with E-state index in [9.17, 15) is 4.79 Å². The number of hydrogen-bond donors (Lipinski definition) is 0. The van der Waals surface area contributed by atoms with Crippen LogP contribution in [0.2, 0.25) is 0 Å². The van der Waals surface area contributed by atoms with E-state index in [-0.39, 0.29) is 5.91 Å². The van der Waals surface area contributed by atoms with E-state index in [0.29, 0.717) is 10.9 Å². The minimum Gasteiger partial charge on any atom is -0.334 e. The molecule has 0 atom stereocenters. The number of alkyl halides is 1. The number of amides is 1. The predicted octanol–water partition coefficient (Wildman–Crippen LogP) is 2.24. The highest BCUT2D eigenvalue weighted by molar-refractivity contribution is 9.09. The van der Waals surface area contributed by atoms with Crippen LogP contribution in [0.15, 0.2) is 0 Å². The lowest BCUT2D eigenvalue weighted by molar-refractivity contribution is 0.0603. The van der Waals surface area contributed by atoms with E-state index < -0.39 is 0 Å². The van der Waals surface area contributed by atoms with Crippen LogP contribution in [0.3, 0.4) is 0 Å². The van der Waals surface area contributed by atoms with Crippen LogP contribution in [0.25, 0.3) is 0 Å². The smallest absolute Gasteiger partial charge is 0.267 e. The summed E-state index contributed by atoms with van der Waals surface area (Å²) < 4.78 is 3.82. The molecule has 0 bridgehead atoms. The maximum atomic E-state index is 12.3. The molecule has 16 heavy (non-hydrogen) atoms. The fraction of sp³-hybridized carbons (Fsp3) is 0.700. The largest absolute Gasteiger partial charge is 0.334 e. The second-order valence-corrected chi connectivity index (χ2v) is 5.51. The van der Waals surface area contributed by atoms with Gasteiger partial charge in [-0.3, -0.25) is 4.79 Å². The Hall–Kier alpha value is -0.490. The first kappa shape index (κ1) is 12.0. The van der Waals surface area contributed by atoms with Crippen molar-refractivity contribution in [2.24, 2.45) is 0 Å². The first-order chi connectivity index (χ1) is 7.74. The minimum atomic E-state index is 0.0941. The maximum Gasteiger partial charge on any atom is 0.267 e. The molecule has 1 aliphatic rings. The third-order valence-corrected chi connectivity index (χ3v) is 4.12. The lowest BCUT2D eigenvalue weighted by Gasteiger charge is -2.37. The van der Waals surface area contributed by atoms with Gasteiger partial charge in [0.1, 0.15) is 4.88 Å². The average Bonchev–Trinajstić information content (AvgIpc) is 2.60. The van der Waals surface area contributed by atoms with Crippen molar-refractivity contribution in [2.45, 2.75) is 32.2 Å². The van der Waals surface area contributed by atoms with Gasteiger partial charge in [-0.2, -0.15) is 0 Å². The van der Waals surface area contributed by atoms with Crippen LogP contribution in [0.4, 0.5) is 0 Å². The first-order valence-electron chi connectivity index (χ1n) is 5.40. The summed E-state index contributed by atoms with van der Waals surface area (Å²) in [5.74, 6) is 0.0941. The van der Waals surface area contributed by atoms with Crippen molar-refractivity contribution in [1.82, 2.24) is 14.5 Å². The Labute approximate surface area is 107 Å². The SMILES string of the molecule is Cc1nnsc1C(=O)N(CCBr)C1CCC1. The van der Waals surface area contributed by atoms with E-state index in [0.717, 1.165) is 30.4 Å². The Balaban J connectivity index is 2.13. The molecule has 1 fully saturated rings. The molecule has 0 radical (unpaired) electrons. The molecular weight excluding hydrogens is 290 g/mol. The molecule has 1 aromatic heterocycles. The highest BCUT2D eigenvalue weighted by Gasteiger charge is 2.30. The third kappa shape index (κ3) is 2.27. The number of rotatable bonds is 4. The van der Waals surface area contributed by atoms with Gasteiger partial charge in [-0.25, -0.2) is 0 Å². The molecule has 0 saturated heterocycles. The average molecular weight is 304 g/mol. The molecule has 0 aliphatic heterocycles. The molecule has 1 saturated carbocycles. The minimum absolute atomic E-state index is 0.0941. The second-order valence-electron chi connectivity index (χ2n) is 3.96. The Morgan fingerprint density at radius 2 is 2.38 bits per heavy atom. The number of hydrogen-bond acceptors (Lipinski definition) is 4. The first-order valence-corrected chi connectivity index (χ1v) is 7.29. The van der Waals surface area contributed by atoms with Gasteiger partial charge in [0, 0.05) is 17.9 Å². The van der Waals surface area contributed by atoms with Gasteiger partial charge in [-0.1, -0.05) is 20.4 Å². The van der Waals surface area contributed by atoms with E-state index in [1.165, 1.54) is 18.0 Å². The summed E-state index contributed by atoms with van der Waals surface area (Å²) in [6.45, 7) is 2.60. The fourth-order valence-electron chi connectivity index (χ4n) is 1.80. The fourth-order valence-corrected chi connectivity index (χ4v) is 2.79. The van der Waals surface area contributed by atoms with Crippen LogP contribution >= 0.6 is 27.5 Å². The van der Waals surface area contributed by atoms with Gasteiger partial charge in [-0.05, 0) is 37.7 Å². The van der Waals surface area contributed by atoms with E-state index in [4.69, 9.17) is 0 Å². The number of halogens is 1. The van der Waals surface area contributed by atoms with Gasteiger partial charge in [0.2, 0.25) is 0 Å². The zero-order valence-corrected chi connectivity index (χ0v) is 11.6. The molecule has 6 heteroatoms. The lowest BCUT2D eigenvalue weighted by atomic mass is 9.91. The van der Waals surface area contributed by atoms with Crippen molar-refractivity contribution in [1.29, 1.82) is 0 Å². The standard InChI is InChI=1S/C10H14BrN3OS/c1-7-9(16-13-12-7)10(15)14(6-5-11)8-3-2-4-8/h8H,2-6H2,1H3. The summed E-state index contributed by atoms with van der Waals surface area (Å²) in [5.41, 5.74) is 0.744. The Kier molecular flexibility index (Phi) is 3.91. The predicted molar refractivity (Wildman–Crippen MR) is 67.1 cm³/mol. The monoisotopic (exact) mass is 303 g/mol. The molecule has 1 aromatic rings. The van der Waals surface area contributed by atoms with Gasteiger partial charge in [0.05, 0.1) is 5.69 Å². The van der Waals surface area contributed by atoms with Gasteiger partial charge in [-0.15, -0.1) is 5.10 Å². The van der Waals surface area contributed by atoms with E-state index in [2.05, 4.69) is 25.5 Å². The summed E-state index contributed by atoms with van der Waals surface area (Å²) in [5, 5.41) is 4.71. The Morgan fingerprint density at radius 3 is 2.81 bits per heavy atom. The summed E-state index contributed by atoms with van der Waals surface area (Å²) in [6, 6.07) is 0.423. The van der Waals surface area contributed by atoms with Crippen LogP contribution in [-0.4, -0.2) is 38.3 Å². The summed E-state index contributed by atoms with van der Waals surface area (Å²) in [7, 11) is 0. The van der Waals surface area contributed by atoms with Crippen molar-refractivity contribution in [3.8, 4) is 0 Å². The van der Waals surface area contributed by atoms with E-state index in [1.807, 2.05) is 11.8 Å². The van der Waals surface area contributed by atoms with Crippen LogP contribution in [-0.2, 0) is 0 Å². The van der Waals surface area contributed by atoms with Gasteiger partial charge < -0.3 is 4.90 Å². The van der Waals surface area contributed by atoms with Crippen molar-refractivity contribution in [3.63, 3.8) is 0 Å². The quantitative estimate of drug-likeness (QED) is 0.801. The molecule has 88 valence electrons. The molecule has 1 amide bonds. The van der Waals surface area contributed by atoms with Crippen LogP contribution in [0.1, 0.15) is 34.6 Å². The van der Waals surface area contributed by atoms with Gasteiger partial charge in [0.15, 0.2) is 0 Å². The van der Waals surface area contributed by atoms with Crippen molar-refractivity contribution in [3.05, 3.63) is 10.6 Å². The molecule has 2 rings (SSSR count). The summed E-state index contributed by atoms with van der Waals surface area (Å²) in [6.07, 6.45) is 3.49. The van der Waals surface area contributed by atoms with Crippen molar-refractivity contribution >= 4 is 33.4 Å². The second kappa shape index (κ2) is 5.23. The summed E-state index contributed by atoms with van der Waals surface area (Å²) in [4.78, 5) is 14.9. The molecule has 1 aliphatic carbocycles. The third-order valence-electron chi connectivity index (χ3n) is 2.95. The molecule has 0 N–H and O–H groups in total. The maximum absolute atomic E-state index is 12.3. The Morgan fingerprint density at radius 1 is 1.62 bits per heavy atom. The van der Waals surface area contributed by atoms with Crippen molar-refractivity contribution < 1.29 is 4.79 Å². The van der Waals surface area contributed by atoms with Crippen molar-refractivity contribution in [2.75, 3.05) is 11.9 Å². The van der Waals surface area contributed by atoms with E-state index in [1.54, 1.807) is 0 Å². The number of carbonyl (C=O) groups excluding carboxylic acids is 1. The number of aryl methyl sites for hydroxylation is 1. The normalized spacial score (nSPS) is 15.9. The number of carbonyl (C=O) groups is 1. The zero-order valence-electron chi connectivity index (χ0n) is 9.15. The van der Waals surface area contributed by atoms with Crippen LogP contribution in [0.5, 0.6) is 0 Å². The molecule has 0 aromatic carbocycles. The molecule has 1 heterocycles. The van der Waals surface area contributed by atoms with E-state index >= 15 is 0 Å².